The van der Waals surface area contributed by atoms with Crippen molar-refractivity contribution in [3.63, 3.8) is 0 Å². The third-order valence-corrected chi connectivity index (χ3v) is 3.24. The van der Waals surface area contributed by atoms with E-state index < -0.39 is 0 Å². The summed E-state index contributed by atoms with van der Waals surface area (Å²) in [5.41, 5.74) is 5.80. The Bertz CT molecular complexity index is 332. The highest BCUT2D eigenvalue weighted by Gasteiger charge is 2.39. The zero-order chi connectivity index (χ0) is 10.2. The molecule has 0 bridgehead atoms. The predicted octanol–water partition coefficient (Wildman–Crippen LogP) is 2.97. The summed E-state index contributed by atoms with van der Waals surface area (Å²) < 4.78 is 6.46. The second-order valence-electron chi connectivity index (χ2n) is 3.70. The SMILES string of the molecule is NC1(COc2c(Cl)cccc2Br)CC1. The first-order valence-corrected chi connectivity index (χ1v) is 5.64. The van der Waals surface area contributed by atoms with Gasteiger partial charge in [0.25, 0.3) is 0 Å². The van der Waals surface area contributed by atoms with E-state index in [-0.39, 0.29) is 5.54 Å². The quantitative estimate of drug-likeness (QED) is 0.921. The van der Waals surface area contributed by atoms with Gasteiger partial charge >= 0.3 is 0 Å². The summed E-state index contributed by atoms with van der Waals surface area (Å²) in [6, 6.07) is 5.57. The summed E-state index contributed by atoms with van der Waals surface area (Å²) in [7, 11) is 0. The smallest absolute Gasteiger partial charge is 0.152 e. The lowest BCUT2D eigenvalue weighted by molar-refractivity contribution is 0.278. The van der Waals surface area contributed by atoms with Gasteiger partial charge < -0.3 is 10.5 Å². The maximum absolute atomic E-state index is 5.98. The number of nitrogens with two attached hydrogens (primary N) is 1. The lowest BCUT2D eigenvalue weighted by atomic mass is 10.3. The average molecular weight is 277 g/mol. The molecule has 1 saturated carbocycles. The molecule has 4 heteroatoms. The second-order valence-corrected chi connectivity index (χ2v) is 4.96. The number of ether oxygens (including phenoxy) is 1. The van der Waals surface area contributed by atoms with Crippen LogP contribution in [0.2, 0.25) is 5.02 Å². The minimum Gasteiger partial charge on any atom is -0.489 e. The van der Waals surface area contributed by atoms with E-state index in [4.69, 9.17) is 22.1 Å². The molecule has 76 valence electrons. The average Bonchev–Trinajstić information content (AvgIpc) is 2.83. The fourth-order valence-corrected chi connectivity index (χ4v) is 1.97. The molecule has 0 aliphatic heterocycles. The summed E-state index contributed by atoms with van der Waals surface area (Å²) >= 11 is 9.37. The van der Waals surface area contributed by atoms with E-state index in [2.05, 4.69) is 15.9 Å². The first-order chi connectivity index (χ1) is 6.61. The van der Waals surface area contributed by atoms with Crippen LogP contribution in [0.25, 0.3) is 0 Å². The highest BCUT2D eigenvalue weighted by atomic mass is 79.9. The number of hydrogen-bond donors (Lipinski definition) is 1. The van der Waals surface area contributed by atoms with Crippen LogP contribution in [-0.2, 0) is 0 Å². The van der Waals surface area contributed by atoms with Crippen molar-refractivity contribution in [2.24, 2.45) is 5.73 Å². The predicted molar refractivity (Wildman–Crippen MR) is 60.8 cm³/mol. The van der Waals surface area contributed by atoms with Crippen molar-refractivity contribution in [3.8, 4) is 5.75 Å². The van der Waals surface area contributed by atoms with Crippen LogP contribution in [-0.4, -0.2) is 12.1 Å². The lowest BCUT2D eigenvalue weighted by Crippen LogP contribution is -2.29. The van der Waals surface area contributed by atoms with Gasteiger partial charge in [0.2, 0.25) is 0 Å². The topological polar surface area (TPSA) is 35.2 Å². The summed E-state index contributed by atoms with van der Waals surface area (Å²) in [5, 5.41) is 0.614. The molecule has 0 radical (unpaired) electrons. The normalized spacial score (nSPS) is 17.9. The molecule has 1 aliphatic rings. The summed E-state index contributed by atoms with van der Waals surface area (Å²) in [6.07, 6.45) is 2.07. The van der Waals surface area contributed by atoms with E-state index in [1.54, 1.807) is 6.07 Å². The molecule has 1 aliphatic carbocycles. The maximum Gasteiger partial charge on any atom is 0.152 e. The number of hydrogen-bond acceptors (Lipinski definition) is 2. The Hall–Kier alpha value is -0.250. The molecule has 0 saturated heterocycles. The van der Waals surface area contributed by atoms with Gasteiger partial charge in [-0.25, -0.2) is 0 Å². The van der Waals surface area contributed by atoms with Crippen LogP contribution in [0.4, 0.5) is 0 Å². The highest BCUT2D eigenvalue weighted by molar-refractivity contribution is 9.10. The molecule has 1 aromatic rings. The monoisotopic (exact) mass is 275 g/mol. The van der Waals surface area contributed by atoms with Gasteiger partial charge in [0.05, 0.1) is 15.0 Å². The van der Waals surface area contributed by atoms with Crippen molar-refractivity contribution in [1.29, 1.82) is 0 Å². The van der Waals surface area contributed by atoms with Gasteiger partial charge in [-0.3, -0.25) is 0 Å². The lowest BCUT2D eigenvalue weighted by Gasteiger charge is -2.13. The van der Waals surface area contributed by atoms with Crippen molar-refractivity contribution in [2.75, 3.05) is 6.61 Å². The van der Waals surface area contributed by atoms with Crippen molar-refractivity contribution in [3.05, 3.63) is 27.7 Å². The third kappa shape index (κ3) is 2.22. The third-order valence-electron chi connectivity index (χ3n) is 2.32. The molecule has 2 rings (SSSR count). The van der Waals surface area contributed by atoms with Gasteiger partial charge in [-0.1, -0.05) is 17.7 Å². The number of benzene rings is 1. The van der Waals surface area contributed by atoms with Crippen LogP contribution < -0.4 is 10.5 Å². The van der Waals surface area contributed by atoms with Crippen molar-refractivity contribution in [1.82, 2.24) is 0 Å². The summed E-state index contributed by atoms with van der Waals surface area (Å²) in [4.78, 5) is 0. The summed E-state index contributed by atoms with van der Waals surface area (Å²) in [6.45, 7) is 0.537. The molecule has 0 atom stereocenters. The second kappa shape index (κ2) is 3.72. The number of rotatable bonds is 3. The minimum absolute atomic E-state index is 0.112. The fourth-order valence-electron chi connectivity index (χ4n) is 1.14. The number of para-hydroxylation sites is 1. The standard InChI is InChI=1S/C10H11BrClNO/c11-7-2-1-3-8(12)9(7)14-6-10(13)4-5-10/h1-3H,4-6,13H2. The van der Waals surface area contributed by atoms with E-state index in [1.807, 2.05) is 12.1 Å². The van der Waals surface area contributed by atoms with Crippen LogP contribution >= 0.6 is 27.5 Å². The molecule has 1 aromatic carbocycles. The molecule has 2 nitrogen and oxygen atoms in total. The van der Waals surface area contributed by atoms with Crippen LogP contribution in [0, 0.1) is 0 Å². The Labute approximate surface area is 96.5 Å². The van der Waals surface area contributed by atoms with Gasteiger partial charge in [-0.2, -0.15) is 0 Å². The number of halogens is 2. The Morgan fingerprint density at radius 3 is 2.79 bits per heavy atom. The molecule has 0 heterocycles. The van der Waals surface area contributed by atoms with Gasteiger partial charge in [-0.05, 0) is 40.9 Å². The Balaban J connectivity index is 2.08. The molecular formula is C10H11BrClNO. The zero-order valence-corrected chi connectivity index (χ0v) is 9.94. The Kier molecular flexibility index (Phi) is 2.73. The molecular weight excluding hydrogens is 265 g/mol. The maximum atomic E-state index is 5.98. The minimum atomic E-state index is -0.112. The van der Waals surface area contributed by atoms with Gasteiger partial charge in [0, 0.05) is 0 Å². The van der Waals surface area contributed by atoms with Gasteiger partial charge in [0.15, 0.2) is 5.75 Å². The Morgan fingerprint density at radius 1 is 1.50 bits per heavy atom. The van der Waals surface area contributed by atoms with Gasteiger partial charge in [0.1, 0.15) is 6.61 Å². The largest absolute Gasteiger partial charge is 0.489 e. The molecule has 0 spiro atoms. The van der Waals surface area contributed by atoms with E-state index in [0.29, 0.717) is 17.4 Å². The van der Waals surface area contributed by atoms with Crippen LogP contribution in [0.5, 0.6) is 5.75 Å². The fraction of sp³-hybridized carbons (Fsp3) is 0.400. The Morgan fingerprint density at radius 2 is 2.21 bits per heavy atom. The van der Waals surface area contributed by atoms with Crippen molar-refractivity contribution >= 4 is 27.5 Å². The summed E-state index contributed by atoms with van der Waals surface area (Å²) in [5.74, 6) is 0.686. The first-order valence-electron chi connectivity index (χ1n) is 4.46. The molecule has 0 amide bonds. The van der Waals surface area contributed by atoms with Crippen molar-refractivity contribution in [2.45, 2.75) is 18.4 Å². The van der Waals surface area contributed by atoms with E-state index in [1.165, 1.54) is 0 Å². The molecule has 0 unspecified atom stereocenters. The van der Waals surface area contributed by atoms with Crippen LogP contribution in [0.15, 0.2) is 22.7 Å². The molecule has 14 heavy (non-hydrogen) atoms. The van der Waals surface area contributed by atoms with E-state index >= 15 is 0 Å². The first kappa shape index (κ1) is 10.3. The van der Waals surface area contributed by atoms with E-state index in [9.17, 15) is 0 Å². The van der Waals surface area contributed by atoms with E-state index in [0.717, 1.165) is 17.3 Å². The molecule has 0 aromatic heterocycles. The van der Waals surface area contributed by atoms with Crippen LogP contribution in [0.3, 0.4) is 0 Å². The van der Waals surface area contributed by atoms with Gasteiger partial charge in [-0.15, -0.1) is 0 Å². The zero-order valence-electron chi connectivity index (χ0n) is 7.59. The van der Waals surface area contributed by atoms with Crippen molar-refractivity contribution < 1.29 is 4.74 Å². The molecule has 1 fully saturated rings. The molecule has 2 N–H and O–H groups in total. The van der Waals surface area contributed by atoms with Crippen LogP contribution in [0.1, 0.15) is 12.8 Å². The highest BCUT2D eigenvalue weighted by Crippen LogP contribution is 2.37.